The van der Waals surface area contributed by atoms with Crippen LogP contribution in [0.25, 0.3) is 0 Å². The molecule has 1 saturated heterocycles. The number of piperidine rings is 1. The van der Waals surface area contributed by atoms with E-state index in [4.69, 9.17) is 4.52 Å². The molecule has 1 fully saturated rings. The molecule has 1 aliphatic heterocycles. The fraction of sp³-hybridized carbons (Fsp3) is 0.292. The third-order valence-electron chi connectivity index (χ3n) is 5.75. The van der Waals surface area contributed by atoms with Crippen LogP contribution in [0.1, 0.15) is 50.6 Å². The molecule has 1 N–H and O–H groups in total. The number of carbonyl (C=O) groups excluding carboxylic acids is 2. The molecule has 1 aliphatic rings. The van der Waals surface area contributed by atoms with Gasteiger partial charge in [0, 0.05) is 18.7 Å². The Kier molecular flexibility index (Phi) is 5.50. The first-order chi connectivity index (χ1) is 14.5. The van der Waals surface area contributed by atoms with E-state index < -0.39 is 5.60 Å². The largest absolute Gasteiger partial charge is 0.385 e. The summed E-state index contributed by atoms with van der Waals surface area (Å²) >= 11 is 0. The second kappa shape index (κ2) is 8.24. The molecule has 0 aliphatic carbocycles. The van der Waals surface area contributed by atoms with Crippen molar-refractivity contribution >= 4 is 11.7 Å². The van der Waals surface area contributed by atoms with Crippen LogP contribution in [0, 0.1) is 6.92 Å². The highest BCUT2D eigenvalue weighted by atomic mass is 16.5. The number of ketones is 1. The monoisotopic (exact) mass is 404 g/mol. The van der Waals surface area contributed by atoms with Gasteiger partial charge in [0.15, 0.2) is 11.5 Å². The topological polar surface area (TPSA) is 83.6 Å². The zero-order valence-electron chi connectivity index (χ0n) is 16.9. The summed E-state index contributed by atoms with van der Waals surface area (Å²) in [6.45, 7) is 2.54. The first-order valence-electron chi connectivity index (χ1n) is 10.1. The third kappa shape index (κ3) is 3.91. The Balaban J connectivity index is 1.48. The number of carbonyl (C=O) groups is 2. The quantitative estimate of drug-likeness (QED) is 0.658. The normalized spacial score (nSPS) is 15.7. The summed E-state index contributed by atoms with van der Waals surface area (Å²) in [5.41, 5.74) is 1.32. The number of benzene rings is 2. The summed E-state index contributed by atoms with van der Waals surface area (Å²) in [4.78, 5) is 27.5. The Morgan fingerprint density at radius 3 is 2.27 bits per heavy atom. The fourth-order valence-corrected chi connectivity index (χ4v) is 3.96. The second-order valence-electron chi connectivity index (χ2n) is 7.72. The minimum absolute atomic E-state index is 0.0201. The summed E-state index contributed by atoms with van der Waals surface area (Å²) in [7, 11) is 0. The van der Waals surface area contributed by atoms with E-state index in [9.17, 15) is 14.7 Å². The Labute approximate surface area is 175 Å². The minimum atomic E-state index is -0.937. The Bertz CT molecular complexity index is 1040. The molecule has 0 unspecified atom stereocenters. The maximum atomic E-state index is 13.2. The number of amides is 1. The van der Waals surface area contributed by atoms with Gasteiger partial charge >= 0.3 is 0 Å². The lowest BCUT2D eigenvalue weighted by Crippen LogP contribution is -2.45. The van der Waals surface area contributed by atoms with Crippen LogP contribution in [0.5, 0.6) is 0 Å². The zero-order chi connectivity index (χ0) is 21.1. The van der Waals surface area contributed by atoms with Gasteiger partial charge in [0.05, 0.1) is 17.7 Å². The average Bonchev–Trinajstić information content (AvgIpc) is 3.15. The molecule has 2 aromatic carbocycles. The van der Waals surface area contributed by atoms with Crippen LogP contribution in [0.2, 0.25) is 0 Å². The summed E-state index contributed by atoms with van der Waals surface area (Å²) in [6.07, 6.45) is 0.879. The Morgan fingerprint density at radius 1 is 1.03 bits per heavy atom. The molecule has 4 rings (SSSR count). The van der Waals surface area contributed by atoms with Crippen LogP contribution in [0.4, 0.5) is 0 Å². The van der Waals surface area contributed by atoms with Crippen molar-refractivity contribution in [3.63, 3.8) is 0 Å². The number of aryl methyl sites for hydroxylation is 1. The number of rotatable bonds is 5. The number of aromatic nitrogens is 1. The molecule has 2 heterocycles. The summed E-state index contributed by atoms with van der Waals surface area (Å²) in [5.74, 6) is -0.0483. The number of aliphatic hydroxyl groups is 1. The predicted octanol–water partition coefficient (Wildman–Crippen LogP) is 3.53. The molecule has 1 aromatic heterocycles. The lowest BCUT2D eigenvalue weighted by atomic mass is 9.84. The van der Waals surface area contributed by atoms with E-state index >= 15 is 0 Å². The molecule has 30 heavy (non-hydrogen) atoms. The molecule has 0 radical (unpaired) electrons. The molecular weight excluding hydrogens is 380 g/mol. The standard InChI is InChI=1S/C24H24N2O4/c1-17-22(21(30-25-17)16-20(27)18-8-4-2-5-9-18)23(28)26-14-12-24(29,13-15-26)19-10-6-3-7-11-19/h2-11,29H,12-16H2,1H3. The number of Topliss-reactive ketones (excluding diaryl/α,β-unsaturated/α-hetero) is 1. The van der Waals surface area contributed by atoms with E-state index in [1.165, 1.54) is 0 Å². The van der Waals surface area contributed by atoms with Gasteiger partial charge in [-0.3, -0.25) is 9.59 Å². The lowest BCUT2D eigenvalue weighted by Gasteiger charge is -2.38. The maximum absolute atomic E-state index is 13.2. The van der Waals surface area contributed by atoms with Gasteiger partial charge in [-0.2, -0.15) is 0 Å². The van der Waals surface area contributed by atoms with Crippen LogP contribution in [-0.4, -0.2) is 39.9 Å². The van der Waals surface area contributed by atoms with Crippen LogP contribution >= 0.6 is 0 Å². The van der Waals surface area contributed by atoms with Crippen LogP contribution in [-0.2, 0) is 12.0 Å². The summed E-state index contributed by atoms with van der Waals surface area (Å²) < 4.78 is 5.34. The fourth-order valence-electron chi connectivity index (χ4n) is 3.96. The SMILES string of the molecule is Cc1noc(CC(=O)c2ccccc2)c1C(=O)N1CCC(O)(c2ccccc2)CC1. The van der Waals surface area contributed by atoms with E-state index in [0.717, 1.165) is 5.56 Å². The molecule has 0 spiro atoms. The highest BCUT2D eigenvalue weighted by Crippen LogP contribution is 2.33. The number of hydrogen-bond donors (Lipinski definition) is 1. The number of likely N-dealkylation sites (tertiary alicyclic amines) is 1. The second-order valence-corrected chi connectivity index (χ2v) is 7.72. The highest BCUT2D eigenvalue weighted by Gasteiger charge is 2.37. The van der Waals surface area contributed by atoms with Gasteiger partial charge < -0.3 is 14.5 Å². The van der Waals surface area contributed by atoms with Crippen molar-refractivity contribution in [2.24, 2.45) is 0 Å². The van der Waals surface area contributed by atoms with Gasteiger partial charge in [-0.25, -0.2) is 0 Å². The van der Waals surface area contributed by atoms with E-state index in [1.807, 2.05) is 36.4 Å². The van der Waals surface area contributed by atoms with Crippen molar-refractivity contribution < 1.29 is 19.2 Å². The van der Waals surface area contributed by atoms with Crippen molar-refractivity contribution in [3.05, 3.63) is 88.8 Å². The lowest BCUT2D eigenvalue weighted by molar-refractivity contribution is -0.0211. The maximum Gasteiger partial charge on any atom is 0.259 e. The summed E-state index contributed by atoms with van der Waals surface area (Å²) in [5, 5.41) is 14.9. The van der Waals surface area contributed by atoms with Crippen LogP contribution < -0.4 is 0 Å². The average molecular weight is 404 g/mol. The minimum Gasteiger partial charge on any atom is -0.385 e. The molecule has 0 bridgehead atoms. The number of nitrogens with zero attached hydrogens (tertiary/aromatic N) is 2. The predicted molar refractivity (Wildman–Crippen MR) is 111 cm³/mol. The molecule has 1 amide bonds. The Hall–Kier alpha value is -3.25. The van der Waals surface area contributed by atoms with Gasteiger partial charge in [0.25, 0.3) is 5.91 Å². The van der Waals surface area contributed by atoms with Gasteiger partial charge in [-0.05, 0) is 25.3 Å². The van der Waals surface area contributed by atoms with Crippen molar-refractivity contribution in [1.82, 2.24) is 10.1 Å². The van der Waals surface area contributed by atoms with E-state index in [-0.39, 0.29) is 23.9 Å². The van der Waals surface area contributed by atoms with Crippen molar-refractivity contribution in [3.8, 4) is 0 Å². The van der Waals surface area contributed by atoms with Crippen molar-refractivity contribution in [2.75, 3.05) is 13.1 Å². The first-order valence-corrected chi connectivity index (χ1v) is 10.1. The van der Waals surface area contributed by atoms with E-state index in [2.05, 4.69) is 5.16 Å². The number of hydrogen-bond acceptors (Lipinski definition) is 5. The van der Waals surface area contributed by atoms with Gasteiger partial charge in [0.1, 0.15) is 5.56 Å². The van der Waals surface area contributed by atoms with Gasteiger partial charge in [0.2, 0.25) is 0 Å². The molecule has 154 valence electrons. The molecule has 6 nitrogen and oxygen atoms in total. The third-order valence-corrected chi connectivity index (χ3v) is 5.75. The van der Waals surface area contributed by atoms with E-state index in [0.29, 0.717) is 42.8 Å². The van der Waals surface area contributed by atoms with Crippen LogP contribution in [0.15, 0.2) is 65.2 Å². The van der Waals surface area contributed by atoms with E-state index in [1.54, 1.807) is 36.1 Å². The molecule has 0 saturated carbocycles. The summed E-state index contributed by atoms with van der Waals surface area (Å²) in [6, 6.07) is 18.5. The van der Waals surface area contributed by atoms with Crippen LogP contribution in [0.3, 0.4) is 0 Å². The highest BCUT2D eigenvalue weighted by molar-refractivity contribution is 6.01. The Morgan fingerprint density at radius 2 is 1.63 bits per heavy atom. The van der Waals surface area contributed by atoms with Gasteiger partial charge in [-0.1, -0.05) is 65.8 Å². The zero-order valence-corrected chi connectivity index (χ0v) is 16.9. The molecule has 6 heteroatoms. The van der Waals surface area contributed by atoms with Crippen molar-refractivity contribution in [2.45, 2.75) is 31.8 Å². The smallest absolute Gasteiger partial charge is 0.259 e. The van der Waals surface area contributed by atoms with Crippen molar-refractivity contribution in [1.29, 1.82) is 0 Å². The van der Waals surface area contributed by atoms with Gasteiger partial charge in [-0.15, -0.1) is 0 Å². The molecule has 0 atom stereocenters. The first kappa shape index (κ1) is 20.0. The molecular formula is C24H24N2O4. The molecule has 3 aromatic rings.